The van der Waals surface area contributed by atoms with E-state index in [9.17, 15) is 0 Å². The molecule has 3 rings (SSSR count). The van der Waals surface area contributed by atoms with Gasteiger partial charge in [0.05, 0.1) is 30.7 Å². The minimum absolute atomic E-state index is 0.212. The van der Waals surface area contributed by atoms with Crippen LogP contribution < -0.4 is 21.5 Å². The average molecular weight is 359 g/mol. The smallest absolute Gasteiger partial charge is 0.120 e. The topological polar surface area (TPSA) is 82.5 Å². The van der Waals surface area contributed by atoms with Crippen molar-refractivity contribution in [3.05, 3.63) is 42.5 Å². The predicted molar refractivity (Wildman–Crippen MR) is 103 cm³/mol. The maximum absolute atomic E-state index is 5.98. The molecule has 1 saturated heterocycles. The summed E-state index contributed by atoms with van der Waals surface area (Å²) in [6.07, 6.45) is 0.212. The molecule has 2 atom stereocenters. The summed E-state index contributed by atoms with van der Waals surface area (Å²) in [6, 6.07) is 13.8. The van der Waals surface area contributed by atoms with Crippen LogP contribution in [0.25, 0.3) is 0 Å². The molecule has 6 heteroatoms. The first-order valence-electron chi connectivity index (χ1n) is 8.50. The molecule has 5 nitrogen and oxygen atoms in total. The maximum Gasteiger partial charge on any atom is 0.120 e. The quantitative estimate of drug-likeness (QED) is 0.688. The van der Waals surface area contributed by atoms with Gasteiger partial charge in [-0.25, -0.2) is 0 Å². The van der Waals surface area contributed by atoms with Crippen molar-refractivity contribution in [1.29, 1.82) is 0 Å². The Kier molecular flexibility index (Phi) is 6.07. The van der Waals surface area contributed by atoms with Crippen LogP contribution in [-0.4, -0.2) is 32.4 Å². The third kappa shape index (κ3) is 5.04. The van der Waals surface area contributed by atoms with Crippen molar-refractivity contribution in [2.75, 3.05) is 37.8 Å². The summed E-state index contributed by atoms with van der Waals surface area (Å²) in [6.45, 7) is 5.38. The Morgan fingerprint density at radius 1 is 1.20 bits per heavy atom. The number of morpholine rings is 1. The number of benzene rings is 2. The Morgan fingerprint density at radius 2 is 2.04 bits per heavy atom. The first kappa shape index (κ1) is 17.9. The van der Waals surface area contributed by atoms with Crippen molar-refractivity contribution >= 4 is 23.1 Å². The highest BCUT2D eigenvalue weighted by molar-refractivity contribution is 7.99. The highest BCUT2D eigenvalue weighted by atomic mass is 32.2. The molecule has 25 heavy (non-hydrogen) atoms. The van der Waals surface area contributed by atoms with E-state index in [1.165, 1.54) is 0 Å². The van der Waals surface area contributed by atoms with Crippen molar-refractivity contribution < 1.29 is 9.47 Å². The lowest BCUT2D eigenvalue weighted by Gasteiger charge is -2.28. The fourth-order valence-corrected chi connectivity index (χ4v) is 3.58. The Labute approximate surface area is 153 Å². The van der Waals surface area contributed by atoms with E-state index in [1.807, 2.05) is 36.4 Å². The molecule has 5 N–H and O–H groups in total. The van der Waals surface area contributed by atoms with Crippen LogP contribution in [-0.2, 0) is 4.74 Å². The van der Waals surface area contributed by atoms with Crippen LogP contribution in [0.3, 0.4) is 0 Å². The summed E-state index contributed by atoms with van der Waals surface area (Å²) in [5.74, 6) is 1.20. The van der Waals surface area contributed by atoms with Gasteiger partial charge in [0.1, 0.15) is 5.75 Å². The van der Waals surface area contributed by atoms with E-state index in [4.69, 9.17) is 20.9 Å². The van der Waals surface area contributed by atoms with Gasteiger partial charge in [0.15, 0.2) is 0 Å². The van der Waals surface area contributed by atoms with Gasteiger partial charge in [-0.15, -0.1) is 0 Å². The molecule has 134 valence electrons. The first-order valence-corrected chi connectivity index (χ1v) is 9.31. The SMILES string of the molecule is CC(COc1cccc(Sc2ccc(N)c(N)c2)c1)C1CNCCO1. The van der Waals surface area contributed by atoms with E-state index in [0.29, 0.717) is 23.9 Å². The molecular formula is C19H25N3O2S. The molecule has 0 radical (unpaired) electrons. The van der Waals surface area contributed by atoms with Crippen LogP contribution >= 0.6 is 11.8 Å². The van der Waals surface area contributed by atoms with Gasteiger partial charge in [-0.1, -0.05) is 24.8 Å². The number of hydrogen-bond acceptors (Lipinski definition) is 6. The Morgan fingerprint density at radius 3 is 2.80 bits per heavy atom. The zero-order valence-corrected chi connectivity index (χ0v) is 15.2. The van der Waals surface area contributed by atoms with E-state index in [1.54, 1.807) is 11.8 Å². The molecule has 0 saturated carbocycles. The van der Waals surface area contributed by atoms with Gasteiger partial charge in [0.25, 0.3) is 0 Å². The molecular weight excluding hydrogens is 334 g/mol. The molecule has 1 fully saturated rings. The fraction of sp³-hybridized carbons (Fsp3) is 0.368. The average Bonchev–Trinajstić information content (AvgIpc) is 2.64. The summed E-state index contributed by atoms with van der Waals surface area (Å²) in [5, 5.41) is 3.36. The molecule has 2 aromatic carbocycles. The normalized spacial score (nSPS) is 18.7. The van der Waals surface area contributed by atoms with E-state index < -0.39 is 0 Å². The van der Waals surface area contributed by atoms with Gasteiger partial charge in [0, 0.05) is 28.8 Å². The van der Waals surface area contributed by atoms with Gasteiger partial charge in [-0.3, -0.25) is 0 Å². The lowest BCUT2D eigenvalue weighted by atomic mass is 10.1. The first-order chi connectivity index (χ1) is 12.1. The van der Waals surface area contributed by atoms with Crippen LogP contribution in [0.15, 0.2) is 52.3 Å². The second-order valence-corrected chi connectivity index (χ2v) is 7.42. The van der Waals surface area contributed by atoms with E-state index in [-0.39, 0.29) is 6.10 Å². The zero-order valence-electron chi connectivity index (χ0n) is 14.4. The molecule has 2 aromatic rings. The Bertz CT molecular complexity index is 705. The highest BCUT2D eigenvalue weighted by Crippen LogP contribution is 2.32. The monoisotopic (exact) mass is 359 g/mol. The maximum atomic E-state index is 5.98. The largest absolute Gasteiger partial charge is 0.493 e. The van der Waals surface area contributed by atoms with Crippen LogP contribution in [0, 0.1) is 5.92 Å². The van der Waals surface area contributed by atoms with Crippen molar-refractivity contribution in [2.45, 2.75) is 22.8 Å². The summed E-state index contributed by atoms with van der Waals surface area (Å²) < 4.78 is 11.8. The fourth-order valence-electron chi connectivity index (χ4n) is 2.67. The second-order valence-electron chi connectivity index (χ2n) is 6.27. The van der Waals surface area contributed by atoms with Crippen LogP contribution in [0.5, 0.6) is 5.75 Å². The molecule has 2 unspecified atom stereocenters. The van der Waals surface area contributed by atoms with Gasteiger partial charge < -0.3 is 26.3 Å². The molecule has 1 aliphatic rings. The molecule has 0 amide bonds. The molecule has 1 aliphatic heterocycles. The van der Waals surface area contributed by atoms with Crippen LogP contribution in [0.1, 0.15) is 6.92 Å². The third-order valence-corrected chi connectivity index (χ3v) is 5.18. The molecule has 1 heterocycles. The third-order valence-electron chi connectivity index (χ3n) is 4.20. The standard InChI is InChI=1S/C19H25N3O2S/c1-13(19-11-22-7-8-23-19)12-24-14-3-2-4-15(9-14)25-16-5-6-17(20)18(21)10-16/h2-6,9-10,13,19,22H,7-8,11-12,20-21H2,1H3. The predicted octanol–water partition coefficient (Wildman–Crippen LogP) is 3.01. The number of nitrogen functional groups attached to an aromatic ring is 2. The number of hydrogen-bond donors (Lipinski definition) is 3. The number of ether oxygens (including phenoxy) is 2. The number of rotatable bonds is 6. The zero-order chi connectivity index (χ0) is 17.6. The van der Waals surface area contributed by atoms with Gasteiger partial charge in [-0.2, -0.15) is 0 Å². The Balaban J connectivity index is 1.58. The van der Waals surface area contributed by atoms with Crippen LogP contribution in [0.2, 0.25) is 0 Å². The number of nitrogens with one attached hydrogen (secondary N) is 1. The minimum atomic E-state index is 0.212. The summed E-state index contributed by atoms with van der Waals surface area (Å²) in [4.78, 5) is 2.16. The van der Waals surface area contributed by atoms with Crippen LogP contribution in [0.4, 0.5) is 11.4 Å². The minimum Gasteiger partial charge on any atom is -0.493 e. The summed E-state index contributed by atoms with van der Waals surface area (Å²) in [5.41, 5.74) is 12.9. The van der Waals surface area contributed by atoms with Gasteiger partial charge in [-0.05, 0) is 36.4 Å². The summed E-state index contributed by atoms with van der Waals surface area (Å²) >= 11 is 1.64. The van der Waals surface area contributed by atoms with Gasteiger partial charge in [0.2, 0.25) is 0 Å². The Hall–Kier alpha value is -1.89. The highest BCUT2D eigenvalue weighted by Gasteiger charge is 2.21. The lowest BCUT2D eigenvalue weighted by Crippen LogP contribution is -2.43. The lowest BCUT2D eigenvalue weighted by molar-refractivity contribution is -0.0159. The van der Waals surface area contributed by atoms with Gasteiger partial charge >= 0.3 is 0 Å². The van der Waals surface area contributed by atoms with Crippen molar-refractivity contribution in [3.8, 4) is 5.75 Å². The van der Waals surface area contributed by atoms with Crippen molar-refractivity contribution in [2.24, 2.45) is 5.92 Å². The van der Waals surface area contributed by atoms with Crippen molar-refractivity contribution in [3.63, 3.8) is 0 Å². The molecule has 0 bridgehead atoms. The molecule has 0 spiro atoms. The molecule has 0 aromatic heterocycles. The van der Waals surface area contributed by atoms with E-state index in [2.05, 4.69) is 18.3 Å². The second kappa shape index (κ2) is 8.47. The summed E-state index contributed by atoms with van der Waals surface area (Å²) in [7, 11) is 0. The van der Waals surface area contributed by atoms with E-state index in [0.717, 1.165) is 35.2 Å². The molecule has 0 aliphatic carbocycles. The van der Waals surface area contributed by atoms with Crippen molar-refractivity contribution in [1.82, 2.24) is 5.32 Å². The number of nitrogens with two attached hydrogens (primary N) is 2. The van der Waals surface area contributed by atoms with E-state index >= 15 is 0 Å². The number of anilines is 2.